The Morgan fingerprint density at radius 1 is 1.35 bits per heavy atom. The minimum absolute atomic E-state index is 0.108. The van der Waals surface area contributed by atoms with E-state index >= 15 is 0 Å². The Kier molecular flexibility index (Phi) is 7.48. The number of nitrogens with two attached hydrogens (primary N) is 1. The number of para-hydroxylation sites is 1. The summed E-state index contributed by atoms with van der Waals surface area (Å²) >= 11 is 0. The third-order valence-corrected chi connectivity index (χ3v) is 3.08. The molecule has 9 nitrogen and oxygen atoms in total. The molecule has 1 aromatic rings. The van der Waals surface area contributed by atoms with Crippen LogP contribution in [-0.4, -0.2) is 34.7 Å². The molecule has 0 heterocycles. The number of aliphatic carboxylic acids is 1. The third-order valence-electron chi connectivity index (χ3n) is 3.08. The molecule has 126 valence electrons. The molecule has 1 aromatic carbocycles. The molecule has 0 saturated carbocycles. The summed E-state index contributed by atoms with van der Waals surface area (Å²) in [5.41, 5.74) is 5.54. The van der Waals surface area contributed by atoms with Crippen molar-refractivity contribution in [3.05, 3.63) is 39.9 Å². The van der Waals surface area contributed by atoms with E-state index in [0.29, 0.717) is 31.4 Å². The zero-order valence-corrected chi connectivity index (χ0v) is 12.4. The number of nitro benzene ring substituents is 1. The Balaban J connectivity index is 2.25. The van der Waals surface area contributed by atoms with E-state index < -0.39 is 23.0 Å². The van der Waals surface area contributed by atoms with Gasteiger partial charge in [-0.3, -0.25) is 14.9 Å². The van der Waals surface area contributed by atoms with Crippen molar-refractivity contribution in [1.82, 2.24) is 5.32 Å². The van der Waals surface area contributed by atoms with Crippen molar-refractivity contribution < 1.29 is 24.4 Å². The second-order valence-corrected chi connectivity index (χ2v) is 4.83. The standard InChI is InChI=1S/C14H19N3O6/c15-11(13(18)19)6-3-4-8-16-14(20)23-9-10-5-1-2-7-12(10)17(21)22/h1-2,5,7,11H,3-4,6,8-9,15H2,(H,16,20)(H,18,19)/t11-/m0/s1. The summed E-state index contributed by atoms with van der Waals surface area (Å²) < 4.78 is 4.91. The van der Waals surface area contributed by atoms with Crippen LogP contribution in [0.3, 0.4) is 0 Å². The smallest absolute Gasteiger partial charge is 0.407 e. The highest BCUT2D eigenvalue weighted by Crippen LogP contribution is 2.18. The topological polar surface area (TPSA) is 145 Å². The minimum atomic E-state index is -1.05. The molecular weight excluding hydrogens is 306 g/mol. The number of amides is 1. The number of nitro groups is 1. The summed E-state index contributed by atoms with van der Waals surface area (Å²) in [5, 5.41) is 21.9. The van der Waals surface area contributed by atoms with Gasteiger partial charge in [0, 0.05) is 12.6 Å². The van der Waals surface area contributed by atoms with E-state index in [2.05, 4.69) is 5.32 Å². The number of carboxylic acids is 1. The molecule has 0 aliphatic carbocycles. The summed E-state index contributed by atoms with van der Waals surface area (Å²) in [6.45, 7) is 0.106. The normalized spacial score (nSPS) is 11.5. The number of hydrogen-bond acceptors (Lipinski definition) is 6. The lowest BCUT2D eigenvalue weighted by molar-refractivity contribution is -0.385. The molecule has 1 amide bonds. The molecular formula is C14H19N3O6. The Hall–Kier alpha value is -2.68. The Morgan fingerprint density at radius 2 is 2.04 bits per heavy atom. The van der Waals surface area contributed by atoms with Crippen LogP contribution in [0, 0.1) is 10.1 Å². The SMILES string of the molecule is N[C@@H](CCCCNC(=O)OCc1ccccc1[N+](=O)[O-])C(=O)O. The largest absolute Gasteiger partial charge is 0.480 e. The molecule has 4 N–H and O–H groups in total. The number of ether oxygens (including phenoxy) is 1. The fraction of sp³-hybridized carbons (Fsp3) is 0.429. The van der Waals surface area contributed by atoms with Gasteiger partial charge >= 0.3 is 12.1 Å². The number of alkyl carbamates (subject to hydrolysis) is 1. The monoisotopic (exact) mass is 325 g/mol. The number of benzene rings is 1. The van der Waals surface area contributed by atoms with Gasteiger partial charge in [-0.1, -0.05) is 12.1 Å². The van der Waals surface area contributed by atoms with Crippen molar-refractivity contribution in [2.45, 2.75) is 31.9 Å². The number of hydrogen-bond donors (Lipinski definition) is 3. The van der Waals surface area contributed by atoms with E-state index in [0.717, 1.165) is 0 Å². The summed E-state index contributed by atoms with van der Waals surface area (Å²) in [6.07, 6.45) is 0.743. The van der Waals surface area contributed by atoms with Crippen LogP contribution in [0.15, 0.2) is 24.3 Å². The minimum Gasteiger partial charge on any atom is -0.480 e. The highest BCUT2D eigenvalue weighted by molar-refractivity contribution is 5.72. The first-order valence-corrected chi connectivity index (χ1v) is 7.03. The molecule has 0 unspecified atom stereocenters. The summed E-state index contributed by atoms with van der Waals surface area (Å²) in [4.78, 5) is 32.3. The Labute approximate surface area is 132 Å². The van der Waals surface area contributed by atoms with Crippen LogP contribution in [0.2, 0.25) is 0 Å². The van der Waals surface area contributed by atoms with Gasteiger partial charge < -0.3 is 20.9 Å². The molecule has 0 fully saturated rings. The summed E-state index contributed by atoms with van der Waals surface area (Å²) in [6, 6.07) is 5.10. The van der Waals surface area contributed by atoms with E-state index in [1.165, 1.54) is 18.2 Å². The van der Waals surface area contributed by atoms with Crippen LogP contribution in [0.5, 0.6) is 0 Å². The number of unbranched alkanes of at least 4 members (excludes halogenated alkanes) is 1. The number of nitrogens with zero attached hydrogens (tertiary/aromatic N) is 1. The lowest BCUT2D eigenvalue weighted by atomic mass is 10.1. The molecule has 0 spiro atoms. The fourth-order valence-electron chi connectivity index (χ4n) is 1.81. The van der Waals surface area contributed by atoms with Crippen molar-refractivity contribution in [3.63, 3.8) is 0 Å². The Bertz CT molecular complexity index is 563. The van der Waals surface area contributed by atoms with Gasteiger partial charge in [-0.05, 0) is 25.3 Å². The van der Waals surface area contributed by atoms with Gasteiger partial charge in [0.05, 0.1) is 10.5 Å². The van der Waals surface area contributed by atoms with Gasteiger partial charge in [0.15, 0.2) is 0 Å². The maximum absolute atomic E-state index is 11.5. The van der Waals surface area contributed by atoms with E-state index in [1.54, 1.807) is 6.07 Å². The highest BCUT2D eigenvalue weighted by atomic mass is 16.6. The second-order valence-electron chi connectivity index (χ2n) is 4.83. The number of carboxylic acid groups (broad SMARTS) is 1. The van der Waals surface area contributed by atoms with Crippen LogP contribution < -0.4 is 11.1 Å². The van der Waals surface area contributed by atoms with Crippen LogP contribution in [0.4, 0.5) is 10.5 Å². The summed E-state index contributed by atoms with van der Waals surface area (Å²) in [7, 11) is 0. The van der Waals surface area contributed by atoms with Crippen LogP contribution in [0.25, 0.3) is 0 Å². The van der Waals surface area contributed by atoms with E-state index in [-0.39, 0.29) is 12.3 Å². The van der Waals surface area contributed by atoms with Gasteiger partial charge in [-0.15, -0.1) is 0 Å². The van der Waals surface area contributed by atoms with Crippen molar-refractivity contribution >= 4 is 17.7 Å². The number of carbonyl (C=O) groups is 2. The van der Waals surface area contributed by atoms with Crippen LogP contribution in [0.1, 0.15) is 24.8 Å². The summed E-state index contributed by atoms with van der Waals surface area (Å²) in [5.74, 6) is -1.05. The van der Waals surface area contributed by atoms with Gasteiger partial charge in [0.25, 0.3) is 5.69 Å². The Morgan fingerprint density at radius 3 is 2.70 bits per heavy atom. The molecule has 23 heavy (non-hydrogen) atoms. The van der Waals surface area contributed by atoms with Crippen molar-refractivity contribution in [3.8, 4) is 0 Å². The van der Waals surface area contributed by atoms with Crippen molar-refractivity contribution in [2.75, 3.05) is 6.54 Å². The third kappa shape index (κ3) is 6.74. The average molecular weight is 325 g/mol. The number of carbonyl (C=O) groups excluding carboxylic acids is 1. The molecule has 0 aromatic heterocycles. The average Bonchev–Trinajstić information content (AvgIpc) is 2.52. The molecule has 1 rings (SSSR count). The van der Waals surface area contributed by atoms with Gasteiger partial charge in [-0.2, -0.15) is 0 Å². The molecule has 0 aliphatic rings. The molecule has 1 atom stereocenters. The van der Waals surface area contributed by atoms with Crippen molar-refractivity contribution in [1.29, 1.82) is 0 Å². The fourth-order valence-corrected chi connectivity index (χ4v) is 1.81. The second kappa shape index (κ2) is 9.36. The molecule has 0 aliphatic heterocycles. The molecule has 9 heteroatoms. The first-order valence-electron chi connectivity index (χ1n) is 7.03. The highest BCUT2D eigenvalue weighted by Gasteiger charge is 2.14. The van der Waals surface area contributed by atoms with Gasteiger partial charge in [-0.25, -0.2) is 4.79 Å². The lowest BCUT2D eigenvalue weighted by Crippen LogP contribution is -2.30. The predicted octanol–water partition coefficient (Wildman–Crippen LogP) is 1.40. The van der Waals surface area contributed by atoms with E-state index in [9.17, 15) is 19.7 Å². The van der Waals surface area contributed by atoms with Crippen LogP contribution in [-0.2, 0) is 16.1 Å². The predicted molar refractivity (Wildman–Crippen MR) is 80.7 cm³/mol. The number of nitrogens with one attached hydrogen (secondary N) is 1. The number of rotatable bonds is 9. The van der Waals surface area contributed by atoms with Gasteiger partial charge in [0.2, 0.25) is 0 Å². The zero-order valence-electron chi connectivity index (χ0n) is 12.4. The first kappa shape index (κ1) is 18.4. The molecule has 0 saturated heterocycles. The lowest BCUT2D eigenvalue weighted by Gasteiger charge is -2.08. The molecule has 0 bridgehead atoms. The van der Waals surface area contributed by atoms with E-state index in [1.807, 2.05) is 0 Å². The maximum Gasteiger partial charge on any atom is 0.407 e. The maximum atomic E-state index is 11.5. The van der Waals surface area contributed by atoms with E-state index in [4.69, 9.17) is 15.6 Å². The van der Waals surface area contributed by atoms with Crippen LogP contribution >= 0.6 is 0 Å². The zero-order chi connectivity index (χ0) is 17.2. The van der Waals surface area contributed by atoms with Crippen molar-refractivity contribution in [2.24, 2.45) is 5.73 Å². The quantitative estimate of drug-likeness (QED) is 0.353. The van der Waals surface area contributed by atoms with Gasteiger partial charge in [0.1, 0.15) is 12.6 Å². The molecule has 0 radical (unpaired) electrons. The first-order chi connectivity index (χ1) is 10.9.